The summed E-state index contributed by atoms with van der Waals surface area (Å²) >= 11 is 0. The maximum absolute atomic E-state index is 11.2. The fourth-order valence-electron chi connectivity index (χ4n) is 3.35. The summed E-state index contributed by atoms with van der Waals surface area (Å²) in [6, 6.07) is 6.80. The Morgan fingerprint density at radius 2 is 2.25 bits per heavy atom. The standard InChI is InChI=1S/C17H21N5O2/c1-11(14-4-3-13-5-8-24-15(13)9-14)21-6-7-22-16(10-21)19-17(20-22)18-12(2)23/h3-4,9,11H,5-8,10H2,1-2H3,(H,18,20,23). The van der Waals surface area contributed by atoms with E-state index in [4.69, 9.17) is 4.74 Å². The number of carbonyl (C=O) groups is 1. The van der Waals surface area contributed by atoms with E-state index in [0.29, 0.717) is 12.5 Å². The number of anilines is 1. The van der Waals surface area contributed by atoms with Gasteiger partial charge in [-0.25, -0.2) is 4.68 Å². The predicted octanol–water partition coefficient (Wildman–Crippen LogP) is 1.75. The van der Waals surface area contributed by atoms with E-state index < -0.39 is 0 Å². The number of benzene rings is 1. The first-order chi connectivity index (χ1) is 11.6. The molecule has 0 bridgehead atoms. The molecule has 0 aliphatic carbocycles. The highest BCUT2D eigenvalue weighted by Gasteiger charge is 2.25. The third kappa shape index (κ3) is 2.75. The molecular formula is C17H21N5O2. The molecule has 0 radical (unpaired) electrons. The molecule has 2 aromatic rings. The lowest BCUT2D eigenvalue weighted by Gasteiger charge is -2.32. The largest absolute Gasteiger partial charge is 0.493 e. The van der Waals surface area contributed by atoms with Gasteiger partial charge in [-0.05, 0) is 24.1 Å². The Balaban J connectivity index is 1.51. The van der Waals surface area contributed by atoms with Gasteiger partial charge in [0, 0.05) is 25.9 Å². The molecule has 1 N–H and O–H groups in total. The minimum absolute atomic E-state index is 0.152. The highest BCUT2D eigenvalue weighted by Crippen LogP contribution is 2.31. The lowest BCUT2D eigenvalue weighted by atomic mass is 10.0. The zero-order valence-electron chi connectivity index (χ0n) is 14.0. The molecule has 126 valence electrons. The van der Waals surface area contributed by atoms with E-state index in [0.717, 1.165) is 37.7 Å². The Morgan fingerprint density at radius 3 is 3.08 bits per heavy atom. The van der Waals surface area contributed by atoms with E-state index in [2.05, 4.69) is 45.4 Å². The first-order valence-corrected chi connectivity index (χ1v) is 8.31. The van der Waals surface area contributed by atoms with Gasteiger partial charge in [0.1, 0.15) is 11.6 Å². The smallest absolute Gasteiger partial charge is 0.249 e. The van der Waals surface area contributed by atoms with Crippen molar-refractivity contribution in [3.05, 3.63) is 35.2 Å². The van der Waals surface area contributed by atoms with Gasteiger partial charge in [0.15, 0.2) is 0 Å². The summed E-state index contributed by atoms with van der Waals surface area (Å²) in [4.78, 5) is 18.0. The second kappa shape index (κ2) is 5.90. The monoisotopic (exact) mass is 327 g/mol. The van der Waals surface area contributed by atoms with Gasteiger partial charge in [0.2, 0.25) is 11.9 Å². The van der Waals surface area contributed by atoms with E-state index >= 15 is 0 Å². The normalized spacial score (nSPS) is 17.8. The van der Waals surface area contributed by atoms with Gasteiger partial charge in [-0.2, -0.15) is 4.98 Å². The molecule has 1 unspecified atom stereocenters. The number of rotatable bonds is 3. The van der Waals surface area contributed by atoms with Gasteiger partial charge >= 0.3 is 0 Å². The van der Waals surface area contributed by atoms with Crippen LogP contribution in [0.4, 0.5) is 5.95 Å². The first kappa shape index (κ1) is 15.1. The number of amides is 1. The van der Waals surface area contributed by atoms with Gasteiger partial charge in [-0.15, -0.1) is 5.10 Å². The highest BCUT2D eigenvalue weighted by atomic mass is 16.5. The first-order valence-electron chi connectivity index (χ1n) is 8.31. The maximum atomic E-state index is 11.2. The molecular weight excluding hydrogens is 306 g/mol. The molecule has 1 amide bonds. The van der Waals surface area contributed by atoms with Crippen molar-refractivity contribution in [2.24, 2.45) is 0 Å². The number of nitrogens with one attached hydrogen (secondary N) is 1. The van der Waals surface area contributed by atoms with Gasteiger partial charge < -0.3 is 4.74 Å². The van der Waals surface area contributed by atoms with Crippen LogP contribution in [0, 0.1) is 0 Å². The van der Waals surface area contributed by atoms with Crippen LogP contribution in [0.15, 0.2) is 18.2 Å². The molecule has 2 aliphatic rings. The van der Waals surface area contributed by atoms with E-state index in [1.807, 2.05) is 4.68 Å². The van der Waals surface area contributed by atoms with Crippen molar-refractivity contribution in [1.82, 2.24) is 19.7 Å². The fraction of sp³-hybridized carbons (Fsp3) is 0.471. The van der Waals surface area contributed by atoms with Crippen LogP contribution < -0.4 is 10.1 Å². The summed E-state index contributed by atoms with van der Waals surface area (Å²) in [5.41, 5.74) is 2.55. The van der Waals surface area contributed by atoms with Crippen LogP contribution in [0.5, 0.6) is 5.75 Å². The quantitative estimate of drug-likeness (QED) is 0.930. The van der Waals surface area contributed by atoms with Crippen LogP contribution >= 0.6 is 0 Å². The van der Waals surface area contributed by atoms with Crippen LogP contribution in [-0.4, -0.2) is 38.7 Å². The highest BCUT2D eigenvalue weighted by molar-refractivity contribution is 5.86. The lowest BCUT2D eigenvalue weighted by molar-refractivity contribution is -0.114. The van der Waals surface area contributed by atoms with Crippen molar-refractivity contribution in [3.8, 4) is 5.75 Å². The molecule has 0 saturated carbocycles. The summed E-state index contributed by atoms with van der Waals surface area (Å²) in [5.74, 6) is 2.14. The number of hydrogen-bond acceptors (Lipinski definition) is 5. The summed E-state index contributed by atoms with van der Waals surface area (Å²) in [5, 5.41) is 6.98. The summed E-state index contributed by atoms with van der Waals surface area (Å²) in [6.07, 6.45) is 1.00. The SMILES string of the molecule is CC(=O)Nc1nc2n(n1)CCN(C(C)c1ccc3c(c1)OCC3)C2. The minimum atomic E-state index is -0.152. The van der Waals surface area contributed by atoms with Gasteiger partial charge in [-0.1, -0.05) is 12.1 Å². The molecule has 24 heavy (non-hydrogen) atoms. The molecule has 2 aliphatic heterocycles. The molecule has 7 nitrogen and oxygen atoms in total. The van der Waals surface area contributed by atoms with Crippen molar-refractivity contribution < 1.29 is 9.53 Å². The number of hydrogen-bond donors (Lipinski definition) is 1. The third-order valence-corrected chi connectivity index (χ3v) is 4.73. The second-order valence-electron chi connectivity index (χ2n) is 6.37. The maximum Gasteiger partial charge on any atom is 0.249 e. The second-order valence-corrected chi connectivity index (χ2v) is 6.37. The summed E-state index contributed by atoms with van der Waals surface area (Å²) < 4.78 is 7.56. The molecule has 4 rings (SSSR count). The molecule has 0 saturated heterocycles. The summed E-state index contributed by atoms with van der Waals surface area (Å²) in [7, 11) is 0. The van der Waals surface area contributed by atoms with Gasteiger partial charge in [0.05, 0.1) is 19.7 Å². The predicted molar refractivity (Wildman–Crippen MR) is 88.8 cm³/mol. The molecule has 1 atom stereocenters. The Hall–Kier alpha value is -2.41. The molecule has 1 aromatic carbocycles. The van der Waals surface area contributed by atoms with Crippen molar-refractivity contribution in [3.63, 3.8) is 0 Å². The lowest BCUT2D eigenvalue weighted by Crippen LogP contribution is -2.36. The zero-order valence-corrected chi connectivity index (χ0v) is 14.0. The Kier molecular flexibility index (Phi) is 3.72. The number of ether oxygens (including phenoxy) is 1. The summed E-state index contributed by atoms with van der Waals surface area (Å²) in [6.45, 7) is 6.84. The van der Waals surface area contributed by atoms with E-state index in [-0.39, 0.29) is 11.9 Å². The average Bonchev–Trinajstić information content (AvgIpc) is 3.17. The van der Waals surface area contributed by atoms with Crippen LogP contribution in [0.25, 0.3) is 0 Å². The minimum Gasteiger partial charge on any atom is -0.493 e. The molecule has 0 fully saturated rings. The van der Waals surface area contributed by atoms with Crippen LogP contribution in [0.1, 0.15) is 36.8 Å². The van der Waals surface area contributed by atoms with Crippen molar-refractivity contribution >= 4 is 11.9 Å². The van der Waals surface area contributed by atoms with E-state index in [1.165, 1.54) is 18.1 Å². The molecule has 0 spiro atoms. The van der Waals surface area contributed by atoms with Crippen LogP contribution in [0.3, 0.4) is 0 Å². The number of aromatic nitrogens is 3. The number of carbonyl (C=O) groups excluding carboxylic acids is 1. The fourth-order valence-corrected chi connectivity index (χ4v) is 3.35. The van der Waals surface area contributed by atoms with Crippen molar-refractivity contribution in [2.75, 3.05) is 18.5 Å². The van der Waals surface area contributed by atoms with Crippen molar-refractivity contribution in [2.45, 2.75) is 39.4 Å². The number of nitrogens with zero attached hydrogens (tertiary/aromatic N) is 4. The third-order valence-electron chi connectivity index (χ3n) is 4.73. The molecule has 3 heterocycles. The Morgan fingerprint density at radius 1 is 1.38 bits per heavy atom. The van der Waals surface area contributed by atoms with Crippen LogP contribution in [0.2, 0.25) is 0 Å². The van der Waals surface area contributed by atoms with E-state index in [9.17, 15) is 4.79 Å². The molecule has 7 heteroatoms. The Bertz CT molecular complexity index is 785. The average molecular weight is 327 g/mol. The van der Waals surface area contributed by atoms with Crippen LogP contribution in [-0.2, 0) is 24.3 Å². The Labute approximate surface area is 140 Å². The topological polar surface area (TPSA) is 72.3 Å². The molecule has 1 aromatic heterocycles. The van der Waals surface area contributed by atoms with Gasteiger partial charge in [-0.3, -0.25) is 15.0 Å². The van der Waals surface area contributed by atoms with E-state index in [1.54, 1.807) is 0 Å². The van der Waals surface area contributed by atoms with Crippen molar-refractivity contribution in [1.29, 1.82) is 0 Å². The number of fused-ring (bicyclic) bond motifs is 2. The van der Waals surface area contributed by atoms with Gasteiger partial charge in [0.25, 0.3) is 0 Å². The zero-order chi connectivity index (χ0) is 16.7.